The molecule has 2 saturated heterocycles. The van der Waals surface area contributed by atoms with Gasteiger partial charge >= 0.3 is 0 Å². The Hall–Kier alpha value is -1.69. The molecular formula is C15H22N4O2. The van der Waals surface area contributed by atoms with Gasteiger partial charge in [0.05, 0.1) is 12.3 Å². The Morgan fingerprint density at radius 3 is 3.14 bits per heavy atom. The average molecular weight is 290 g/mol. The summed E-state index contributed by atoms with van der Waals surface area (Å²) in [6, 6.07) is 2.01. The zero-order chi connectivity index (χ0) is 14.5. The van der Waals surface area contributed by atoms with Gasteiger partial charge in [-0.2, -0.15) is 0 Å². The van der Waals surface area contributed by atoms with E-state index in [0.717, 1.165) is 63.6 Å². The van der Waals surface area contributed by atoms with Gasteiger partial charge in [-0.05, 0) is 19.3 Å². The summed E-state index contributed by atoms with van der Waals surface area (Å²) in [6.45, 7) is 4.15. The van der Waals surface area contributed by atoms with Crippen LogP contribution in [0.5, 0.6) is 0 Å². The van der Waals surface area contributed by atoms with Crippen LogP contribution in [0.4, 0.5) is 5.82 Å². The molecule has 3 rings (SSSR count). The fourth-order valence-corrected chi connectivity index (χ4v) is 2.89. The fraction of sp³-hybridized carbons (Fsp3) is 0.667. The Bertz CT molecular complexity index is 488. The molecule has 6 heteroatoms. The lowest BCUT2D eigenvalue weighted by molar-refractivity contribution is -0.127. The highest BCUT2D eigenvalue weighted by atomic mass is 16.5. The van der Waals surface area contributed by atoms with Crippen molar-refractivity contribution in [3.63, 3.8) is 0 Å². The van der Waals surface area contributed by atoms with Crippen molar-refractivity contribution in [3.05, 3.63) is 18.1 Å². The van der Waals surface area contributed by atoms with Gasteiger partial charge in [-0.15, -0.1) is 0 Å². The molecule has 0 saturated carbocycles. The van der Waals surface area contributed by atoms with E-state index in [9.17, 15) is 4.79 Å². The number of carbonyl (C=O) groups is 1. The molecule has 21 heavy (non-hydrogen) atoms. The molecule has 0 bridgehead atoms. The van der Waals surface area contributed by atoms with E-state index in [2.05, 4.69) is 15.3 Å². The topological polar surface area (TPSA) is 67.4 Å². The normalized spacial score (nSPS) is 22.0. The minimum Gasteiger partial charge on any atom is -0.381 e. The lowest BCUT2D eigenvalue weighted by Gasteiger charge is -2.15. The van der Waals surface area contributed by atoms with Gasteiger partial charge in [-0.25, -0.2) is 9.97 Å². The minimum absolute atomic E-state index is 0.292. The van der Waals surface area contributed by atoms with Crippen LogP contribution in [0.25, 0.3) is 0 Å². The molecule has 1 aromatic heterocycles. The summed E-state index contributed by atoms with van der Waals surface area (Å²) in [5.41, 5.74) is 1.06. The summed E-state index contributed by atoms with van der Waals surface area (Å²) in [5, 5.41) is 3.32. The first-order valence-corrected chi connectivity index (χ1v) is 7.74. The highest BCUT2D eigenvalue weighted by Gasteiger charge is 2.20. The maximum Gasteiger partial charge on any atom is 0.222 e. The maximum absolute atomic E-state index is 11.5. The minimum atomic E-state index is 0.292. The van der Waals surface area contributed by atoms with E-state index in [-0.39, 0.29) is 0 Å². The van der Waals surface area contributed by atoms with Crippen molar-refractivity contribution in [2.75, 3.05) is 38.2 Å². The Morgan fingerprint density at radius 2 is 2.38 bits per heavy atom. The van der Waals surface area contributed by atoms with Gasteiger partial charge in [0.15, 0.2) is 0 Å². The number of nitrogens with zero attached hydrogens (tertiary/aromatic N) is 3. The van der Waals surface area contributed by atoms with Crippen molar-refractivity contribution in [1.82, 2.24) is 14.9 Å². The van der Waals surface area contributed by atoms with E-state index < -0.39 is 0 Å². The van der Waals surface area contributed by atoms with Crippen LogP contribution in [0.2, 0.25) is 0 Å². The molecule has 0 unspecified atom stereocenters. The Balaban J connectivity index is 1.44. The van der Waals surface area contributed by atoms with E-state index in [1.54, 1.807) is 6.33 Å². The first kappa shape index (κ1) is 14.3. The molecule has 0 spiro atoms. The summed E-state index contributed by atoms with van der Waals surface area (Å²) >= 11 is 0. The molecule has 1 amide bonds. The first-order chi connectivity index (χ1) is 10.3. The van der Waals surface area contributed by atoms with E-state index in [1.165, 1.54) is 0 Å². The molecule has 114 valence electrons. The summed E-state index contributed by atoms with van der Waals surface area (Å²) in [6.07, 6.45) is 5.31. The van der Waals surface area contributed by atoms with Crippen LogP contribution >= 0.6 is 0 Å². The number of carbonyl (C=O) groups excluding carboxylic acids is 1. The van der Waals surface area contributed by atoms with Crippen LogP contribution in [0, 0.1) is 0 Å². The van der Waals surface area contributed by atoms with Gasteiger partial charge in [0.1, 0.15) is 12.1 Å². The lowest BCUT2D eigenvalue weighted by Crippen LogP contribution is -2.27. The van der Waals surface area contributed by atoms with Crippen LogP contribution in [-0.4, -0.2) is 53.6 Å². The Labute approximate surface area is 124 Å². The molecule has 2 fully saturated rings. The summed E-state index contributed by atoms with van der Waals surface area (Å²) in [5.74, 6) is 1.55. The third-order valence-corrected chi connectivity index (χ3v) is 4.12. The van der Waals surface area contributed by atoms with Gasteiger partial charge in [0.2, 0.25) is 5.91 Å². The van der Waals surface area contributed by atoms with Crippen molar-refractivity contribution in [2.45, 2.75) is 31.6 Å². The molecule has 6 nitrogen and oxygen atoms in total. The second-order valence-corrected chi connectivity index (χ2v) is 5.65. The van der Waals surface area contributed by atoms with E-state index in [4.69, 9.17) is 4.74 Å². The van der Waals surface area contributed by atoms with Gasteiger partial charge < -0.3 is 15.0 Å². The first-order valence-electron chi connectivity index (χ1n) is 7.74. The smallest absolute Gasteiger partial charge is 0.222 e. The van der Waals surface area contributed by atoms with Crippen molar-refractivity contribution in [3.8, 4) is 0 Å². The Morgan fingerprint density at radius 1 is 1.43 bits per heavy atom. The molecule has 1 atom stereocenters. The quantitative estimate of drug-likeness (QED) is 0.802. The highest BCUT2D eigenvalue weighted by molar-refractivity contribution is 5.77. The van der Waals surface area contributed by atoms with Crippen molar-refractivity contribution < 1.29 is 9.53 Å². The standard InChI is InChI=1S/C15H22N4O2/c20-15-3-1-6-19(15)7-2-5-16-14-9-13(17-11-18-14)12-4-8-21-10-12/h9,11-12H,1-8,10H2,(H,16,17,18)/t12-/m0/s1. The Kier molecular flexibility index (Phi) is 4.65. The molecule has 1 aromatic rings. The number of hydrogen-bond donors (Lipinski definition) is 1. The van der Waals surface area contributed by atoms with Crippen LogP contribution < -0.4 is 5.32 Å². The zero-order valence-electron chi connectivity index (χ0n) is 12.3. The van der Waals surface area contributed by atoms with E-state index >= 15 is 0 Å². The zero-order valence-corrected chi connectivity index (χ0v) is 12.3. The van der Waals surface area contributed by atoms with Gasteiger partial charge in [-0.1, -0.05) is 0 Å². The average Bonchev–Trinajstić information content (AvgIpc) is 3.16. The van der Waals surface area contributed by atoms with Gasteiger partial charge in [0.25, 0.3) is 0 Å². The number of ether oxygens (including phenoxy) is 1. The number of anilines is 1. The summed E-state index contributed by atoms with van der Waals surface area (Å²) in [7, 11) is 0. The number of likely N-dealkylation sites (tertiary alicyclic amines) is 1. The van der Waals surface area contributed by atoms with Crippen LogP contribution in [0.15, 0.2) is 12.4 Å². The van der Waals surface area contributed by atoms with Gasteiger partial charge in [0, 0.05) is 44.6 Å². The number of aromatic nitrogens is 2. The predicted octanol–water partition coefficient (Wildman–Crippen LogP) is 1.40. The van der Waals surface area contributed by atoms with Gasteiger partial charge in [-0.3, -0.25) is 4.79 Å². The molecule has 0 aromatic carbocycles. The van der Waals surface area contributed by atoms with Crippen LogP contribution in [-0.2, 0) is 9.53 Å². The molecule has 2 aliphatic heterocycles. The second kappa shape index (κ2) is 6.85. The van der Waals surface area contributed by atoms with Crippen molar-refractivity contribution in [2.24, 2.45) is 0 Å². The van der Waals surface area contributed by atoms with Crippen molar-refractivity contribution in [1.29, 1.82) is 0 Å². The third-order valence-electron chi connectivity index (χ3n) is 4.12. The molecule has 3 heterocycles. The van der Waals surface area contributed by atoms with Crippen molar-refractivity contribution >= 4 is 11.7 Å². The SMILES string of the molecule is O=C1CCCN1CCCNc1cc([C@H]2CCOC2)ncn1. The molecule has 0 aliphatic carbocycles. The number of hydrogen-bond acceptors (Lipinski definition) is 5. The van der Waals surface area contributed by atoms with E-state index in [0.29, 0.717) is 18.2 Å². The lowest BCUT2D eigenvalue weighted by atomic mass is 10.1. The molecule has 1 N–H and O–H groups in total. The predicted molar refractivity (Wildman–Crippen MR) is 79.1 cm³/mol. The third kappa shape index (κ3) is 3.69. The molecular weight excluding hydrogens is 268 g/mol. The number of amides is 1. The second-order valence-electron chi connectivity index (χ2n) is 5.65. The number of rotatable bonds is 6. The van der Waals surface area contributed by atoms with Crippen LogP contribution in [0.3, 0.4) is 0 Å². The highest BCUT2D eigenvalue weighted by Crippen LogP contribution is 2.24. The fourth-order valence-electron chi connectivity index (χ4n) is 2.89. The maximum atomic E-state index is 11.5. The molecule has 0 radical (unpaired) electrons. The number of nitrogens with one attached hydrogen (secondary N) is 1. The summed E-state index contributed by atoms with van der Waals surface area (Å²) in [4.78, 5) is 22.0. The largest absolute Gasteiger partial charge is 0.381 e. The van der Waals surface area contributed by atoms with E-state index in [1.807, 2.05) is 11.0 Å². The molecule has 2 aliphatic rings. The monoisotopic (exact) mass is 290 g/mol. The summed E-state index contributed by atoms with van der Waals surface area (Å²) < 4.78 is 5.40. The van der Waals surface area contributed by atoms with Crippen LogP contribution in [0.1, 0.15) is 37.3 Å².